The molecule has 0 aliphatic rings. The predicted octanol–water partition coefficient (Wildman–Crippen LogP) is 3.61. The van der Waals surface area contributed by atoms with Gasteiger partial charge in [-0.05, 0) is 36.8 Å². The Balaban J connectivity index is 2.44. The second kappa shape index (κ2) is 5.48. The quantitative estimate of drug-likeness (QED) is 0.908. The molecule has 1 aromatic carbocycles. The van der Waals surface area contributed by atoms with Crippen LogP contribution in [-0.2, 0) is 10.0 Å². The molecule has 0 fully saturated rings. The van der Waals surface area contributed by atoms with Crippen LogP contribution in [0.25, 0.3) is 0 Å². The van der Waals surface area contributed by atoms with Crippen LogP contribution in [0.4, 0.5) is 5.82 Å². The van der Waals surface area contributed by atoms with Crippen LogP contribution in [0.15, 0.2) is 45.9 Å². The van der Waals surface area contributed by atoms with E-state index in [0.29, 0.717) is 10.0 Å². The summed E-state index contributed by atoms with van der Waals surface area (Å²) in [5.41, 5.74) is 0.641. The Hall–Kier alpha value is -1.11. The lowest BCUT2D eigenvalue weighted by Crippen LogP contribution is -2.15. The van der Waals surface area contributed by atoms with Crippen LogP contribution in [0.2, 0.25) is 5.02 Å². The number of hydrogen-bond donors (Lipinski definition) is 1. The highest BCUT2D eigenvalue weighted by atomic mass is 79.9. The van der Waals surface area contributed by atoms with Crippen molar-refractivity contribution in [3.63, 3.8) is 0 Å². The number of nitrogens with zero attached hydrogens (tertiary/aromatic N) is 1. The number of benzene rings is 1. The van der Waals surface area contributed by atoms with Crippen molar-refractivity contribution in [2.75, 3.05) is 4.72 Å². The molecule has 0 amide bonds. The van der Waals surface area contributed by atoms with Crippen molar-refractivity contribution >= 4 is 43.4 Å². The monoisotopic (exact) mass is 360 g/mol. The smallest absolute Gasteiger partial charge is 0.262 e. The van der Waals surface area contributed by atoms with Gasteiger partial charge in [-0.25, -0.2) is 13.4 Å². The standard InChI is InChI=1S/C12H10BrClN2O2S/c1-8-4-5-9(13)7-11(8)19(17,18)16-12-10(14)3-2-6-15-12/h2-7H,1H3,(H,15,16). The Morgan fingerprint density at radius 3 is 2.74 bits per heavy atom. The molecule has 0 radical (unpaired) electrons. The largest absolute Gasteiger partial charge is 0.263 e. The highest BCUT2D eigenvalue weighted by molar-refractivity contribution is 9.10. The van der Waals surface area contributed by atoms with E-state index in [2.05, 4.69) is 25.6 Å². The van der Waals surface area contributed by atoms with E-state index >= 15 is 0 Å². The molecule has 19 heavy (non-hydrogen) atoms. The summed E-state index contributed by atoms with van der Waals surface area (Å²) in [7, 11) is -3.72. The molecule has 1 N–H and O–H groups in total. The van der Waals surface area contributed by atoms with E-state index in [1.54, 1.807) is 31.2 Å². The first-order valence-corrected chi connectivity index (χ1v) is 7.95. The maximum Gasteiger partial charge on any atom is 0.263 e. The summed E-state index contributed by atoms with van der Waals surface area (Å²) in [4.78, 5) is 4.09. The molecule has 100 valence electrons. The lowest BCUT2D eigenvalue weighted by molar-refractivity contribution is 0.600. The molecule has 1 heterocycles. The second-order valence-corrected chi connectivity index (χ2v) is 6.82. The van der Waals surface area contributed by atoms with Crippen molar-refractivity contribution in [3.05, 3.63) is 51.6 Å². The predicted molar refractivity (Wildman–Crippen MR) is 78.9 cm³/mol. The van der Waals surface area contributed by atoms with E-state index in [-0.39, 0.29) is 15.7 Å². The van der Waals surface area contributed by atoms with Crippen molar-refractivity contribution in [2.45, 2.75) is 11.8 Å². The van der Waals surface area contributed by atoms with Gasteiger partial charge in [0.15, 0.2) is 5.82 Å². The maximum absolute atomic E-state index is 12.3. The molecule has 0 unspecified atom stereocenters. The molecule has 2 rings (SSSR count). The van der Waals surface area contributed by atoms with Crippen molar-refractivity contribution < 1.29 is 8.42 Å². The van der Waals surface area contributed by atoms with Crippen LogP contribution in [0.1, 0.15) is 5.56 Å². The Morgan fingerprint density at radius 1 is 1.32 bits per heavy atom. The van der Waals surface area contributed by atoms with Gasteiger partial charge in [0, 0.05) is 10.7 Å². The third-order valence-electron chi connectivity index (χ3n) is 2.43. The summed E-state index contributed by atoms with van der Waals surface area (Å²) >= 11 is 9.14. The Labute approximate surface area is 125 Å². The Morgan fingerprint density at radius 2 is 2.05 bits per heavy atom. The van der Waals surface area contributed by atoms with Crippen LogP contribution in [0.3, 0.4) is 0 Å². The molecule has 0 aliphatic carbocycles. The normalized spacial score (nSPS) is 11.3. The molecule has 2 aromatic rings. The molecule has 7 heteroatoms. The SMILES string of the molecule is Cc1ccc(Br)cc1S(=O)(=O)Nc1ncccc1Cl. The molecule has 1 aromatic heterocycles. The lowest BCUT2D eigenvalue weighted by atomic mass is 10.2. The molecule has 0 atom stereocenters. The average Bonchev–Trinajstić information content (AvgIpc) is 2.35. The van der Waals surface area contributed by atoms with Crippen LogP contribution < -0.4 is 4.72 Å². The van der Waals surface area contributed by atoms with Crippen molar-refractivity contribution in [1.82, 2.24) is 4.98 Å². The van der Waals surface area contributed by atoms with E-state index in [1.807, 2.05) is 0 Å². The van der Waals surface area contributed by atoms with Crippen molar-refractivity contribution in [2.24, 2.45) is 0 Å². The zero-order valence-electron chi connectivity index (χ0n) is 9.89. The molecular formula is C12H10BrClN2O2S. The first-order valence-electron chi connectivity index (χ1n) is 5.29. The minimum absolute atomic E-state index is 0.114. The Bertz CT molecular complexity index is 719. The number of sulfonamides is 1. The van der Waals surface area contributed by atoms with Crippen molar-refractivity contribution in [3.8, 4) is 0 Å². The van der Waals surface area contributed by atoms with Crippen LogP contribution in [0.5, 0.6) is 0 Å². The molecule has 4 nitrogen and oxygen atoms in total. The van der Waals surface area contributed by atoms with Gasteiger partial charge < -0.3 is 0 Å². The minimum atomic E-state index is -3.72. The first-order chi connectivity index (χ1) is 8.90. The maximum atomic E-state index is 12.3. The fourth-order valence-electron chi connectivity index (χ4n) is 1.51. The molecule has 0 spiro atoms. The van der Waals surface area contributed by atoms with E-state index < -0.39 is 10.0 Å². The van der Waals surface area contributed by atoms with Gasteiger partial charge in [-0.1, -0.05) is 33.6 Å². The number of halogens is 2. The summed E-state index contributed by atoms with van der Waals surface area (Å²) in [6.45, 7) is 1.72. The summed E-state index contributed by atoms with van der Waals surface area (Å²) in [5, 5.41) is 0.249. The van der Waals surface area contributed by atoms with Gasteiger partial charge >= 0.3 is 0 Å². The van der Waals surface area contributed by atoms with Crippen LogP contribution in [0, 0.1) is 6.92 Å². The molecule has 0 bridgehead atoms. The van der Waals surface area contributed by atoms with Crippen molar-refractivity contribution in [1.29, 1.82) is 0 Å². The topological polar surface area (TPSA) is 59.1 Å². The van der Waals surface area contributed by atoms with Crippen LogP contribution >= 0.6 is 27.5 Å². The summed E-state index contributed by atoms with van der Waals surface area (Å²) in [5.74, 6) is 0.114. The minimum Gasteiger partial charge on any atom is -0.262 e. The van der Waals surface area contributed by atoms with E-state index in [9.17, 15) is 8.42 Å². The third kappa shape index (κ3) is 3.26. The summed E-state index contributed by atoms with van der Waals surface area (Å²) in [6, 6.07) is 8.24. The number of pyridine rings is 1. The number of anilines is 1. The van der Waals surface area contributed by atoms with E-state index in [1.165, 1.54) is 12.3 Å². The zero-order valence-corrected chi connectivity index (χ0v) is 13.1. The lowest BCUT2D eigenvalue weighted by Gasteiger charge is -2.10. The van der Waals surface area contributed by atoms with E-state index in [0.717, 1.165) is 0 Å². The second-order valence-electron chi connectivity index (χ2n) is 3.85. The fourth-order valence-corrected chi connectivity index (χ4v) is 3.55. The van der Waals surface area contributed by atoms with Gasteiger partial charge in [-0.15, -0.1) is 0 Å². The summed E-state index contributed by atoms with van der Waals surface area (Å²) < 4.78 is 27.7. The molecular weight excluding hydrogens is 352 g/mol. The van der Waals surface area contributed by atoms with Gasteiger partial charge in [-0.2, -0.15) is 0 Å². The van der Waals surface area contributed by atoms with Gasteiger partial charge in [0.2, 0.25) is 0 Å². The van der Waals surface area contributed by atoms with Gasteiger partial charge in [0.05, 0.1) is 9.92 Å². The van der Waals surface area contributed by atoms with Gasteiger partial charge in [-0.3, -0.25) is 4.72 Å². The number of hydrogen-bond acceptors (Lipinski definition) is 3. The number of nitrogens with one attached hydrogen (secondary N) is 1. The van der Waals surface area contributed by atoms with Gasteiger partial charge in [0.1, 0.15) is 0 Å². The molecule has 0 saturated heterocycles. The first kappa shape index (κ1) is 14.3. The van der Waals surface area contributed by atoms with Gasteiger partial charge in [0.25, 0.3) is 10.0 Å². The third-order valence-corrected chi connectivity index (χ3v) is 4.71. The average molecular weight is 362 g/mol. The number of rotatable bonds is 3. The summed E-state index contributed by atoms with van der Waals surface area (Å²) in [6.07, 6.45) is 1.47. The number of aromatic nitrogens is 1. The number of aryl methyl sites for hydroxylation is 1. The zero-order chi connectivity index (χ0) is 14.0. The molecule has 0 saturated carbocycles. The fraction of sp³-hybridized carbons (Fsp3) is 0.0833. The van der Waals surface area contributed by atoms with E-state index in [4.69, 9.17) is 11.6 Å². The highest BCUT2D eigenvalue weighted by Crippen LogP contribution is 2.25. The van der Waals surface area contributed by atoms with Crippen LogP contribution in [-0.4, -0.2) is 13.4 Å². The molecule has 0 aliphatic heterocycles. The Kier molecular flexibility index (Phi) is 4.13. The highest BCUT2D eigenvalue weighted by Gasteiger charge is 2.19.